The van der Waals surface area contributed by atoms with E-state index in [1.807, 2.05) is 13.8 Å². The Balaban J connectivity index is 2.69. The van der Waals surface area contributed by atoms with Crippen LogP contribution in [0.4, 0.5) is 0 Å². The maximum absolute atomic E-state index is 9.66. The van der Waals surface area contributed by atoms with Gasteiger partial charge in [-0.3, -0.25) is 4.98 Å². The molecule has 0 radical (unpaired) electrons. The summed E-state index contributed by atoms with van der Waals surface area (Å²) in [6.07, 6.45) is 1.77. The van der Waals surface area contributed by atoms with E-state index in [2.05, 4.69) is 10.3 Å². The summed E-state index contributed by atoms with van der Waals surface area (Å²) in [6.45, 7) is 6.05. The van der Waals surface area contributed by atoms with Crippen LogP contribution in [0, 0.1) is 13.8 Å². The summed E-state index contributed by atoms with van der Waals surface area (Å²) < 4.78 is 5.33. The number of ether oxygens (including phenoxy) is 1. The monoisotopic (exact) mass is 254 g/mol. The highest BCUT2D eigenvalue weighted by molar-refractivity contribution is 5.40. The van der Waals surface area contributed by atoms with Crippen LogP contribution in [0.3, 0.4) is 0 Å². The highest BCUT2D eigenvalue weighted by Gasteiger charge is 2.18. The van der Waals surface area contributed by atoms with Crippen LogP contribution in [-0.4, -0.2) is 41.1 Å². The van der Waals surface area contributed by atoms with E-state index in [0.717, 1.165) is 22.6 Å². The van der Waals surface area contributed by atoms with Crippen LogP contribution < -0.4 is 10.1 Å². The number of methoxy groups -OCH3 is 1. The summed E-state index contributed by atoms with van der Waals surface area (Å²) >= 11 is 0. The predicted molar refractivity (Wildman–Crippen MR) is 69.7 cm³/mol. The van der Waals surface area contributed by atoms with E-state index in [1.54, 1.807) is 20.2 Å². The minimum atomic E-state index is -1.11. The third-order valence-electron chi connectivity index (χ3n) is 2.89. The number of hydrogen-bond donors (Lipinski definition) is 3. The molecule has 1 unspecified atom stereocenters. The van der Waals surface area contributed by atoms with Gasteiger partial charge in [-0.15, -0.1) is 0 Å². The zero-order chi connectivity index (χ0) is 13.8. The average molecular weight is 254 g/mol. The molecule has 1 rings (SSSR count). The van der Waals surface area contributed by atoms with Crippen molar-refractivity contribution >= 4 is 0 Å². The molecule has 0 aromatic carbocycles. The van der Waals surface area contributed by atoms with Gasteiger partial charge in [-0.05, 0) is 20.8 Å². The molecule has 0 fully saturated rings. The molecule has 1 atom stereocenters. The third kappa shape index (κ3) is 3.66. The smallest absolute Gasteiger partial charge is 0.128 e. The van der Waals surface area contributed by atoms with Gasteiger partial charge < -0.3 is 20.3 Å². The predicted octanol–water partition coefficient (Wildman–Crippen LogP) is 0.540. The first kappa shape index (κ1) is 14.9. The summed E-state index contributed by atoms with van der Waals surface area (Å²) in [5.41, 5.74) is 1.77. The van der Waals surface area contributed by atoms with Crippen LogP contribution in [-0.2, 0) is 6.54 Å². The van der Waals surface area contributed by atoms with Crippen molar-refractivity contribution in [1.29, 1.82) is 0 Å². The van der Waals surface area contributed by atoms with Gasteiger partial charge >= 0.3 is 0 Å². The molecule has 3 N–H and O–H groups in total. The van der Waals surface area contributed by atoms with Crippen LogP contribution in [0.25, 0.3) is 0 Å². The Morgan fingerprint density at radius 3 is 2.67 bits per heavy atom. The second-order valence-electron chi connectivity index (χ2n) is 4.80. The van der Waals surface area contributed by atoms with E-state index in [1.165, 1.54) is 0 Å². The highest BCUT2D eigenvalue weighted by atomic mass is 16.5. The lowest BCUT2D eigenvalue weighted by Crippen LogP contribution is -2.40. The van der Waals surface area contributed by atoms with Crippen molar-refractivity contribution in [2.45, 2.75) is 32.9 Å². The molecule has 0 aliphatic carbocycles. The maximum atomic E-state index is 9.66. The standard InChI is InChI=1S/C13H22N2O3/c1-9-5-15-11(10(2)12(9)18-4)6-14-7-13(3,17)8-16/h5,14,16-17H,6-8H2,1-4H3. The van der Waals surface area contributed by atoms with Gasteiger partial charge in [0.2, 0.25) is 0 Å². The lowest BCUT2D eigenvalue weighted by atomic mass is 10.1. The average Bonchev–Trinajstić information content (AvgIpc) is 2.33. The number of pyridine rings is 1. The first-order valence-electron chi connectivity index (χ1n) is 5.94. The topological polar surface area (TPSA) is 74.6 Å². The number of aliphatic hydroxyl groups is 2. The van der Waals surface area contributed by atoms with Gasteiger partial charge in [0.15, 0.2) is 0 Å². The number of aryl methyl sites for hydroxylation is 1. The molecular weight excluding hydrogens is 232 g/mol. The van der Waals surface area contributed by atoms with Crippen molar-refractivity contribution in [3.8, 4) is 5.75 Å². The minimum Gasteiger partial charge on any atom is -0.496 e. The molecule has 1 aromatic heterocycles. The Labute approximate surface area is 108 Å². The van der Waals surface area contributed by atoms with Gasteiger partial charge in [-0.1, -0.05) is 0 Å². The Kier molecular flexibility index (Phi) is 5.07. The number of nitrogens with zero attached hydrogens (tertiary/aromatic N) is 1. The first-order valence-corrected chi connectivity index (χ1v) is 5.94. The van der Waals surface area contributed by atoms with Crippen molar-refractivity contribution in [3.05, 3.63) is 23.0 Å². The second kappa shape index (κ2) is 6.13. The molecule has 18 heavy (non-hydrogen) atoms. The largest absolute Gasteiger partial charge is 0.496 e. The molecule has 0 amide bonds. The van der Waals surface area contributed by atoms with Crippen molar-refractivity contribution in [2.24, 2.45) is 0 Å². The van der Waals surface area contributed by atoms with Crippen molar-refractivity contribution in [1.82, 2.24) is 10.3 Å². The van der Waals surface area contributed by atoms with Crippen molar-refractivity contribution in [3.63, 3.8) is 0 Å². The maximum Gasteiger partial charge on any atom is 0.128 e. The van der Waals surface area contributed by atoms with Crippen molar-refractivity contribution < 1.29 is 14.9 Å². The van der Waals surface area contributed by atoms with Gasteiger partial charge in [0.25, 0.3) is 0 Å². The van der Waals surface area contributed by atoms with E-state index >= 15 is 0 Å². The van der Waals surface area contributed by atoms with Crippen LogP contribution in [0.15, 0.2) is 6.20 Å². The lowest BCUT2D eigenvalue weighted by Gasteiger charge is -2.21. The van der Waals surface area contributed by atoms with Gasteiger partial charge in [-0.25, -0.2) is 0 Å². The summed E-state index contributed by atoms with van der Waals surface area (Å²) in [4.78, 5) is 4.35. The fourth-order valence-electron chi connectivity index (χ4n) is 1.76. The minimum absolute atomic E-state index is 0.274. The van der Waals surface area contributed by atoms with Crippen molar-refractivity contribution in [2.75, 3.05) is 20.3 Å². The zero-order valence-electron chi connectivity index (χ0n) is 11.4. The normalized spacial score (nSPS) is 14.3. The molecule has 0 aliphatic heterocycles. The Morgan fingerprint density at radius 1 is 1.44 bits per heavy atom. The van der Waals surface area contributed by atoms with Gasteiger partial charge in [-0.2, -0.15) is 0 Å². The van der Waals surface area contributed by atoms with Gasteiger partial charge in [0.1, 0.15) is 5.75 Å². The summed E-state index contributed by atoms with van der Waals surface area (Å²) in [7, 11) is 1.64. The van der Waals surface area contributed by atoms with Gasteiger partial charge in [0, 0.05) is 30.4 Å². The number of aromatic nitrogens is 1. The third-order valence-corrected chi connectivity index (χ3v) is 2.89. The summed E-state index contributed by atoms with van der Waals surface area (Å²) in [6, 6.07) is 0. The Bertz CT molecular complexity index is 405. The van der Waals surface area contributed by atoms with E-state index < -0.39 is 5.60 Å². The quantitative estimate of drug-likeness (QED) is 0.691. The van der Waals surface area contributed by atoms with Crippen LogP contribution in [0.2, 0.25) is 0 Å². The molecule has 1 heterocycles. The number of hydrogen-bond acceptors (Lipinski definition) is 5. The van der Waals surface area contributed by atoms with Gasteiger partial charge in [0.05, 0.1) is 25.0 Å². The zero-order valence-corrected chi connectivity index (χ0v) is 11.4. The van der Waals surface area contributed by atoms with Crippen LogP contribution >= 0.6 is 0 Å². The number of aliphatic hydroxyl groups excluding tert-OH is 1. The molecule has 5 heteroatoms. The highest BCUT2D eigenvalue weighted by Crippen LogP contribution is 2.23. The molecule has 5 nitrogen and oxygen atoms in total. The molecule has 0 aliphatic rings. The van der Waals surface area contributed by atoms with E-state index in [4.69, 9.17) is 9.84 Å². The van der Waals surface area contributed by atoms with E-state index in [-0.39, 0.29) is 6.61 Å². The fourth-order valence-corrected chi connectivity index (χ4v) is 1.76. The molecule has 0 saturated carbocycles. The summed E-state index contributed by atoms with van der Waals surface area (Å²) in [5, 5.41) is 21.7. The Morgan fingerprint density at radius 2 is 2.11 bits per heavy atom. The first-order chi connectivity index (χ1) is 8.41. The SMILES string of the molecule is COc1c(C)cnc(CNCC(C)(O)CO)c1C. The van der Waals surface area contributed by atoms with Crippen LogP contribution in [0.5, 0.6) is 5.75 Å². The molecule has 0 bridgehead atoms. The second-order valence-corrected chi connectivity index (χ2v) is 4.80. The van der Waals surface area contributed by atoms with E-state index in [9.17, 15) is 5.11 Å². The molecular formula is C13H22N2O3. The molecule has 1 aromatic rings. The molecule has 0 spiro atoms. The summed E-state index contributed by atoms with van der Waals surface area (Å²) in [5.74, 6) is 0.843. The number of nitrogens with one attached hydrogen (secondary N) is 1. The van der Waals surface area contributed by atoms with E-state index in [0.29, 0.717) is 13.1 Å². The molecule has 102 valence electrons. The lowest BCUT2D eigenvalue weighted by molar-refractivity contribution is 0.00247. The van der Waals surface area contributed by atoms with Crippen LogP contribution in [0.1, 0.15) is 23.7 Å². The molecule has 0 saturated heterocycles. The fraction of sp³-hybridized carbons (Fsp3) is 0.615. The number of rotatable bonds is 6. The Hall–Kier alpha value is -1.17.